The number of aromatic nitrogens is 2. The van der Waals surface area contributed by atoms with Gasteiger partial charge in [0.25, 0.3) is 0 Å². The number of nitrogens with one attached hydrogen (secondary N) is 1. The summed E-state index contributed by atoms with van der Waals surface area (Å²) in [6, 6.07) is 0.157. The van der Waals surface area contributed by atoms with Gasteiger partial charge < -0.3 is 5.32 Å². The number of nitrogens with zero attached hydrogens (tertiary/aromatic N) is 3. The Morgan fingerprint density at radius 3 is 2.76 bits per heavy atom. The van der Waals surface area contributed by atoms with E-state index in [-0.39, 0.29) is 22.7 Å². The summed E-state index contributed by atoms with van der Waals surface area (Å²) in [5.41, 5.74) is -0.260. The van der Waals surface area contributed by atoms with Gasteiger partial charge in [0.2, 0.25) is 11.0 Å². The third-order valence-electron chi connectivity index (χ3n) is 2.43. The molecule has 1 aromatic rings. The van der Waals surface area contributed by atoms with Crippen molar-refractivity contribution in [3.63, 3.8) is 0 Å². The maximum atomic E-state index is 10.9. The lowest BCUT2D eigenvalue weighted by Gasteiger charge is -2.16. The predicted molar refractivity (Wildman–Crippen MR) is 66.3 cm³/mol. The minimum atomic E-state index is -0.566. The summed E-state index contributed by atoms with van der Waals surface area (Å²) in [5.74, 6) is 0.190. The van der Waals surface area contributed by atoms with Crippen molar-refractivity contribution in [2.24, 2.45) is 0 Å². The molecular formula is C10H15ClN4O2. The summed E-state index contributed by atoms with van der Waals surface area (Å²) in [7, 11) is 0. The standard InChI is InChI=1S/C10H15ClN4O2/c1-3-5-7(4-2)14-10-8(15(16)17)9(11)12-6-13-10/h6-7H,3-5H2,1-2H3,(H,12,13,14). The maximum absolute atomic E-state index is 10.9. The second kappa shape index (κ2) is 6.34. The average molecular weight is 259 g/mol. The predicted octanol–water partition coefficient (Wildman–Crippen LogP) is 3.03. The second-order valence-corrected chi connectivity index (χ2v) is 4.01. The molecule has 0 spiro atoms. The highest BCUT2D eigenvalue weighted by Crippen LogP contribution is 2.29. The van der Waals surface area contributed by atoms with Gasteiger partial charge in [-0.1, -0.05) is 31.9 Å². The van der Waals surface area contributed by atoms with Gasteiger partial charge in [0.15, 0.2) is 0 Å². The molecule has 0 fully saturated rings. The van der Waals surface area contributed by atoms with Crippen molar-refractivity contribution >= 4 is 23.1 Å². The van der Waals surface area contributed by atoms with Gasteiger partial charge in [-0.2, -0.15) is 0 Å². The highest BCUT2D eigenvalue weighted by Gasteiger charge is 2.22. The van der Waals surface area contributed by atoms with Crippen molar-refractivity contribution in [1.82, 2.24) is 9.97 Å². The van der Waals surface area contributed by atoms with Crippen molar-refractivity contribution in [2.45, 2.75) is 39.2 Å². The minimum Gasteiger partial charge on any atom is -0.361 e. The van der Waals surface area contributed by atoms with Crippen LogP contribution in [0.15, 0.2) is 6.33 Å². The molecule has 7 heteroatoms. The van der Waals surface area contributed by atoms with Crippen LogP contribution in [0.5, 0.6) is 0 Å². The molecule has 1 unspecified atom stereocenters. The maximum Gasteiger partial charge on any atom is 0.348 e. The summed E-state index contributed by atoms with van der Waals surface area (Å²) < 4.78 is 0. The topological polar surface area (TPSA) is 81.0 Å². The number of rotatable bonds is 6. The molecule has 0 radical (unpaired) electrons. The highest BCUT2D eigenvalue weighted by molar-refractivity contribution is 6.31. The average Bonchev–Trinajstić information content (AvgIpc) is 2.28. The number of halogens is 1. The van der Waals surface area contributed by atoms with Gasteiger partial charge >= 0.3 is 5.69 Å². The lowest BCUT2D eigenvalue weighted by atomic mass is 10.1. The molecule has 0 amide bonds. The molecule has 0 aliphatic rings. The minimum absolute atomic E-state index is 0.140. The van der Waals surface area contributed by atoms with E-state index in [0.717, 1.165) is 19.3 Å². The molecule has 1 atom stereocenters. The Hall–Kier alpha value is -1.43. The van der Waals surface area contributed by atoms with E-state index in [1.807, 2.05) is 6.92 Å². The molecule has 6 nitrogen and oxygen atoms in total. The van der Waals surface area contributed by atoms with Crippen molar-refractivity contribution in [1.29, 1.82) is 0 Å². The first-order valence-electron chi connectivity index (χ1n) is 5.51. The van der Waals surface area contributed by atoms with Gasteiger partial charge in [-0.25, -0.2) is 9.97 Å². The smallest absolute Gasteiger partial charge is 0.348 e. The highest BCUT2D eigenvalue weighted by atomic mass is 35.5. The van der Waals surface area contributed by atoms with Crippen LogP contribution in [-0.2, 0) is 0 Å². The van der Waals surface area contributed by atoms with Gasteiger partial charge in [-0.05, 0) is 12.8 Å². The molecule has 0 aliphatic carbocycles. The monoisotopic (exact) mass is 258 g/mol. The summed E-state index contributed by atoms with van der Waals surface area (Å²) in [5, 5.41) is 13.8. The molecule has 0 aliphatic heterocycles. The summed E-state index contributed by atoms with van der Waals surface area (Å²) in [6.45, 7) is 4.08. The lowest BCUT2D eigenvalue weighted by Crippen LogP contribution is -2.19. The van der Waals surface area contributed by atoms with Crippen molar-refractivity contribution in [3.8, 4) is 0 Å². The molecule has 1 rings (SSSR count). The van der Waals surface area contributed by atoms with Crippen LogP contribution in [-0.4, -0.2) is 20.9 Å². The zero-order chi connectivity index (χ0) is 12.8. The normalized spacial score (nSPS) is 12.2. The molecular weight excluding hydrogens is 244 g/mol. The summed E-state index contributed by atoms with van der Waals surface area (Å²) >= 11 is 5.70. The van der Waals surface area contributed by atoms with Crippen LogP contribution in [0.4, 0.5) is 11.5 Å². The number of hydrogen-bond acceptors (Lipinski definition) is 5. The summed E-state index contributed by atoms with van der Waals surface area (Å²) in [4.78, 5) is 17.8. The van der Waals surface area contributed by atoms with Crippen LogP contribution in [0.3, 0.4) is 0 Å². The molecule has 1 heterocycles. The van der Waals surface area contributed by atoms with Gasteiger partial charge in [0, 0.05) is 6.04 Å². The molecule has 0 saturated heterocycles. The quantitative estimate of drug-likeness (QED) is 0.482. The van der Waals surface area contributed by atoms with E-state index in [0.29, 0.717) is 0 Å². The van der Waals surface area contributed by atoms with E-state index in [2.05, 4.69) is 22.2 Å². The van der Waals surface area contributed by atoms with Gasteiger partial charge in [-0.15, -0.1) is 0 Å². The Kier molecular flexibility index (Phi) is 5.09. The van der Waals surface area contributed by atoms with Gasteiger partial charge in [0.05, 0.1) is 4.92 Å². The largest absolute Gasteiger partial charge is 0.361 e. The lowest BCUT2D eigenvalue weighted by molar-refractivity contribution is -0.384. The Bertz CT molecular complexity index is 400. The van der Waals surface area contributed by atoms with E-state index >= 15 is 0 Å². The Labute approximate surface area is 105 Å². The summed E-state index contributed by atoms with van der Waals surface area (Å²) in [6.07, 6.45) is 4.01. The van der Waals surface area contributed by atoms with Crippen LogP contribution >= 0.6 is 11.6 Å². The number of hydrogen-bond donors (Lipinski definition) is 1. The SMILES string of the molecule is CCCC(CC)Nc1ncnc(Cl)c1[N+](=O)[O-]. The first-order valence-corrected chi connectivity index (χ1v) is 5.89. The Morgan fingerprint density at radius 1 is 1.53 bits per heavy atom. The Balaban J connectivity index is 2.97. The van der Waals surface area contributed by atoms with Crippen LogP contribution in [0.2, 0.25) is 5.15 Å². The second-order valence-electron chi connectivity index (χ2n) is 3.66. The van der Waals surface area contributed by atoms with Crippen molar-refractivity contribution in [2.75, 3.05) is 5.32 Å². The van der Waals surface area contributed by atoms with Crippen molar-refractivity contribution in [3.05, 3.63) is 21.6 Å². The van der Waals surface area contributed by atoms with Gasteiger partial charge in [0.1, 0.15) is 6.33 Å². The number of nitro groups is 1. The molecule has 17 heavy (non-hydrogen) atoms. The zero-order valence-electron chi connectivity index (χ0n) is 9.81. The fourth-order valence-corrected chi connectivity index (χ4v) is 1.75. The van der Waals surface area contributed by atoms with E-state index in [9.17, 15) is 10.1 Å². The first kappa shape index (κ1) is 13.6. The van der Waals surface area contributed by atoms with Crippen LogP contribution < -0.4 is 5.32 Å². The third kappa shape index (κ3) is 3.52. The first-order chi connectivity index (χ1) is 8.10. The van der Waals surface area contributed by atoms with Crippen molar-refractivity contribution < 1.29 is 4.92 Å². The fourth-order valence-electron chi connectivity index (χ4n) is 1.54. The van der Waals surface area contributed by atoms with Crippen LogP contribution in [0.1, 0.15) is 33.1 Å². The molecule has 0 bridgehead atoms. The molecule has 0 saturated carbocycles. The van der Waals surface area contributed by atoms with E-state index in [1.165, 1.54) is 6.33 Å². The number of anilines is 1. The molecule has 0 aromatic carbocycles. The zero-order valence-corrected chi connectivity index (χ0v) is 10.6. The van der Waals surface area contributed by atoms with Gasteiger partial charge in [-0.3, -0.25) is 10.1 Å². The fraction of sp³-hybridized carbons (Fsp3) is 0.600. The molecule has 1 aromatic heterocycles. The molecule has 1 N–H and O–H groups in total. The van der Waals surface area contributed by atoms with E-state index in [1.54, 1.807) is 0 Å². The van der Waals surface area contributed by atoms with E-state index < -0.39 is 4.92 Å². The van der Waals surface area contributed by atoms with Crippen LogP contribution in [0.25, 0.3) is 0 Å². The molecule has 94 valence electrons. The van der Waals surface area contributed by atoms with Crippen LogP contribution in [0, 0.1) is 10.1 Å². The third-order valence-corrected chi connectivity index (χ3v) is 2.71. The van der Waals surface area contributed by atoms with E-state index in [4.69, 9.17) is 11.6 Å². The Morgan fingerprint density at radius 2 is 2.24 bits per heavy atom.